The molecule has 0 aliphatic heterocycles. The molecule has 0 saturated carbocycles. The second kappa shape index (κ2) is 3.63. The minimum atomic E-state index is -1.17. The van der Waals surface area contributed by atoms with E-state index < -0.39 is 12.0 Å². The molecule has 1 atom stereocenters. The zero-order valence-corrected chi connectivity index (χ0v) is 9.06. The molecule has 1 aromatic heterocycles. The Morgan fingerprint density at radius 2 is 2.33 bits per heavy atom. The Morgan fingerprint density at radius 3 is 3.00 bits per heavy atom. The first-order valence-corrected chi connectivity index (χ1v) is 4.92. The largest absolute Gasteiger partial charge is 0.480 e. The van der Waals surface area contributed by atoms with Gasteiger partial charge in [0, 0.05) is 9.86 Å². The summed E-state index contributed by atoms with van der Waals surface area (Å²) in [6.07, 6.45) is 0. The number of carbonyl (C=O) groups is 1. The molecule has 0 saturated heterocycles. The van der Waals surface area contributed by atoms with E-state index in [-0.39, 0.29) is 5.69 Å². The number of aliphatic carboxylic acids is 1. The Bertz CT molecular complexity index is 523. The predicted octanol–water partition coefficient (Wildman–Crippen LogP) is 1.67. The molecule has 0 bridgehead atoms. The molecular formula is C9H7BrN2O3. The lowest BCUT2D eigenvalue weighted by Gasteiger charge is -2.01. The number of carboxylic acid groups (broad SMARTS) is 1. The van der Waals surface area contributed by atoms with Gasteiger partial charge in [-0.3, -0.25) is 4.79 Å². The van der Waals surface area contributed by atoms with E-state index in [1.165, 1.54) is 0 Å². The van der Waals surface area contributed by atoms with E-state index in [2.05, 4.69) is 21.1 Å². The summed E-state index contributed by atoms with van der Waals surface area (Å²) in [7, 11) is 0. The minimum Gasteiger partial charge on any atom is -0.480 e. The SMILES string of the molecule is N[C@@H](C(=O)O)c1noc2ccc(Br)cc12. The van der Waals surface area contributed by atoms with Gasteiger partial charge in [-0.25, -0.2) is 0 Å². The molecule has 0 unspecified atom stereocenters. The van der Waals surface area contributed by atoms with Gasteiger partial charge >= 0.3 is 5.97 Å². The van der Waals surface area contributed by atoms with Gasteiger partial charge in [0.15, 0.2) is 11.6 Å². The Hall–Kier alpha value is -1.40. The minimum absolute atomic E-state index is 0.235. The zero-order valence-electron chi connectivity index (χ0n) is 7.48. The topological polar surface area (TPSA) is 89.4 Å². The van der Waals surface area contributed by atoms with Gasteiger partial charge in [0.05, 0.1) is 0 Å². The molecule has 0 radical (unpaired) electrons. The van der Waals surface area contributed by atoms with Gasteiger partial charge in [0.1, 0.15) is 5.69 Å². The maximum Gasteiger partial charge on any atom is 0.326 e. The summed E-state index contributed by atoms with van der Waals surface area (Å²) in [5.41, 5.74) is 6.21. The molecule has 15 heavy (non-hydrogen) atoms. The number of fused-ring (bicyclic) bond motifs is 1. The summed E-state index contributed by atoms with van der Waals surface area (Å²) in [6, 6.07) is 4.04. The van der Waals surface area contributed by atoms with Crippen LogP contribution in [0.15, 0.2) is 27.2 Å². The summed E-state index contributed by atoms with van der Waals surface area (Å²) in [4.78, 5) is 10.7. The van der Waals surface area contributed by atoms with Crippen LogP contribution in [0.25, 0.3) is 11.0 Å². The van der Waals surface area contributed by atoms with Crippen molar-refractivity contribution in [3.05, 3.63) is 28.4 Å². The highest BCUT2D eigenvalue weighted by atomic mass is 79.9. The van der Waals surface area contributed by atoms with Crippen molar-refractivity contribution >= 4 is 32.9 Å². The highest BCUT2D eigenvalue weighted by Gasteiger charge is 2.21. The van der Waals surface area contributed by atoms with Gasteiger partial charge in [-0.2, -0.15) is 0 Å². The first kappa shape index (κ1) is 10.1. The molecule has 0 aliphatic rings. The number of rotatable bonds is 2. The Morgan fingerprint density at radius 1 is 1.60 bits per heavy atom. The van der Waals surface area contributed by atoms with Crippen LogP contribution in [0.5, 0.6) is 0 Å². The highest BCUT2D eigenvalue weighted by molar-refractivity contribution is 9.10. The molecule has 2 rings (SSSR count). The van der Waals surface area contributed by atoms with Crippen LogP contribution >= 0.6 is 15.9 Å². The van der Waals surface area contributed by atoms with Crippen LogP contribution in [0.4, 0.5) is 0 Å². The van der Waals surface area contributed by atoms with Crippen molar-refractivity contribution in [2.45, 2.75) is 6.04 Å². The third-order valence-corrected chi connectivity index (χ3v) is 2.51. The number of hydrogen-bond acceptors (Lipinski definition) is 4. The van der Waals surface area contributed by atoms with Crippen LogP contribution in [0, 0.1) is 0 Å². The number of benzene rings is 1. The van der Waals surface area contributed by atoms with Gasteiger partial charge in [-0.1, -0.05) is 21.1 Å². The molecule has 2 aromatic rings. The van der Waals surface area contributed by atoms with Crippen LogP contribution in [-0.4, -0.2) is 16.2 Å². The third kappa shape index (κ3) is 1.73. The Labute approximate surface area is 93.0 Å². The molecule has 1 aromatic carbocycles. The smallest absolute Gasteiger partial charge is 0.326 e. The first-order chi connectivity index (χ1) is 7.09. The third-order valence-electron chi connectivity index (χ3n) is 2.02. The van der Waals surface area contributed by atoms with Crippen LogP contribution in [0.3, 0.4) is 0 Å². The molecule has 6 heteroatoms. The van der Waals surface area contributed by atoms with Crippen molar-refractivity contribution < 1.29 is 14.4 Å². The van der Waals surface area contributed by atoms with Gasteiger partial charge in [0.25, 0.3) is 0 Å². The number of halogens is 1. The summed E-state index contributed by atoms with van der Waals surface area (Å²) < 4.78 is 5.78. The number of nitrogens with zero attached hydrogens (tertiary/aromatic N) is 1. The fourth-order valence-corrected chi connectivity index (χ4v) is 1.63. The fourth-order valence-electron chi connectivity index (χ4n) is 1.27. The van der Waals surface area contributed by atoms with E-state index in [0.717, 1.165) is 4.47 Å². The lowest BCUT2D eigenvalue weighted by molar-refractivity contribution is -0.138. The molecule has 0 fully saturated rings. The van der Waals surface area contributed by atoms with E-state index in [9.17, 15) is 4.79 Å². The monoisotopic (exact) mass is 270 g/mol. The van der Waals surface area contributed by atoms with Crippen LogP contribution in [0.2, 0.25) is 0 Å². The molecule has 0 aliphatic carbocycles. The molecule has 78 valence electrons. The van der Waals surface area contributed by atoms with Crippen molar-refractivity contribution in [2.24, 2.45) is 5.73 Å². The number of nitrogens with two attached hydrogens (primary N) is 1. The second-order valence-electron chi connectivity index (χ2n) is 3.02. The van der Waals surface area contributed by atoms with Gasteiger partial charge in [-0.15, -0.1) is 0 Å². The molecule has 5 nitrogen and oxygen atoms in total. The van der Waals surface area contributed by atoms with E-state index in [1.807, 2.05) is 0 Å². The van der Waals surface area contributed by atoms with Gasteiger partial charge < -0.3 is 15.4 Å². The van der Waals surface area contributed by atoms with Crippen molar-refractivity contribution in [3.8, 4) is 0 Å². The van der Waals surface area contributed by atoms with Crippen LogP contribution < -0.4 is 5.73 Å². The average Bonchev–Trinajstić information content (AvgIpc) is 2.59. The predicted molar refractivity (Wildman–Crippen MR) is 56.3 cm³/mol. The van der Waals surface area contributed by atoms with E-state index >= 15 is 0 Å². The van der Waals surface area contributed by atoms with Crippen LogP contribution in [-0.2, 0) is 4.79 Å². The molecular weight excluding hydrogens is 264 g/mol. The molecule has 0 amide bonds. The Balaban J connectivity index is 2.61. The molecule has 0 spiro atoms. The van der Waals surface area contributed by atoms with Crippen molar-refractivity contribution in [2.75, 3.05) is 0 Å². The zero-order chi connectivity index (χ0) is 11.0. The van der Waals surface area contributed by atoms with Crippen molar-refractivity contribution in [3.63, 3.8) is 0 Å². The maximum atomic E-state index is 10.7. The number of hydrogen-bond donors (Lipinski definition) is 2. The summed E-state index contributed by atoms with van der Waals surface area (Å²) in [5, 5.41) is 13.0. The van der Waals surface area contributed by atoms with E-state index in [0.29, 0.717) is 11.0 Å². The van der Waals surface area contributed by atoms with Crippen molar-refractivity contribution in [1.29, 1.82) is 0 Å². The summed E-state index contributed by atoms with van der Waals surface area (Å²) >= 11 is 3.28. The molecule has 1 heterocycles. The first-order valence-electron chi connectivity index (χ1n) is 4.13. The van der Waals surface area contributed by atoms with E-state index in [4.69, 9.17) is 15.4 Å². The van der Waals surface area contributed by atoms with Gasteiger partial charge in [0.2, 0.25) is 0 Å². The molecule has 3 N–H and O–H groups in total. The summed E-state index contributed by atoms with van der Waals surface area (Å²) in [6.45, 7) is 0. The van der Waals surface area contributed by atoms with Crippen molar-refractivity contribution in [1.82, 2.24) is 5.16 Å². The van der Waals surface area contributed by atoms with E-state index in [1.54, 1.807) is 18.2 Å². The number of carboxylic acids is 1. The summed E-state index contributed by atoms with van der Waals surface area (Å²) in [5.74, 6) is -1.13. The number of aromatic nitrogens is 1. The lowest BCUT2D eigenvalue weighted by atomic mass is 10.1. The Kier molecular flexibility index (Phi) is 2.45. The normalized spacial score (nSPS) is 12.9. The highest BCUT2D eigenvalue weighted by Crippen LogP contribution is 2.25. The standard InChI is InChI=1S/C9H7BrN2O3/c10-4-1-2-6-5(3-4)8(12-15-6)7(11)9(13)14/h1-3,7H,11H2,(H,13,14)/t7-/m1/s1. The fraction of sp³-hybridized carbons (Fsp3) is 0.111. The van der Waals surface area contributed by atoms with Gasteiger partial charge in [-0.05, 0) is 18.2 Å². The lowest BCUT2D eigenvalue weighted by Crippen LogP contribution is -2.21. The maximum absolute atomic E-state index is 10.7. The second-order valence-corrected chi connectivity index (χ2v) is 3.94. The quantitative estimate of drug-likeness (QED) is 0.867. The average molecular weight is 271 g/mol. The van der Waals surface area contributed by atoms with Crippen LogP contribution in [0.1, 0.15) is 11.7 Å².